The van der Waals surface area contributed by atoms with E-state index in [1.54, 1.807) is 18.2 Å². The van der Waals surface area contributed by atoms with Crippen molar-refractivity contribution in [2.24, 2.45) is 5.92 Å². The van der Waals surface area contributed by atoms with E-state index in [1.807, 2.05) is 4.90 Å². The number of alkyl halides is 2. The smallest absolute Gasteiger partial charge is 0.387 e. The number of amides is 1. The topological polar surface area (TPSA) is 71.7 Å². The van der Waals surface area contributed by atoms with Crippen LogP contribution in [0.2, 0.25) is 0 Å². The van der Waals surface area contributed by atoms with Gasteiger partial charge in [0, 0.05) is 32.1 Å². The van der Waals surface area contributed by atoms with Crippen molar-refractivity contribution in [3.63, 3.8) is 0 Å². The van der Waals surface area contributed by atoms with E-state index in [4.69, 9.17) is 4.52 Å². The zero-order chi connectivity index (χ0) is 20.2. The number of rotatable bonds is 6. The second-order valence-electron chi connectivity index (χ2n) is 7.47. The molecule has 1 aliphatic heterocycles. The molecular weight excluding hydrogens is 382 g/mol. The van der Waals surface area contributed by atoms with Gasteiger partial charge in [-0.1, -0.05) is 30.1 Å². The molecule has 0 radical (unpaired) electrons. The maximum Gasteiger partial charge on any atom is 0.387 e. The van der Waals surface area contributed by atoms with Crippen LogP contribution in [0.1, 0.15) is 31.6 Å². The van der Waals surface area contributed by atoms with Gasteiger partial charge in [0.2, 0.25) is 17.6 Å². The van der Waals surface area contributed by atoms with Gasteiger partial charge in [0.25, 0.3) is 0 Å². The van der Waals surface area contributed by atoms with Gasteiger partial charge in [-0.25, -0.2) is 0 Å². The van der Waals surface area contributed by atoms with Crippen LogP contribution in [0.3, 0.4) is 0 Å². The lowest BCUT2D eigenvalue weighted by Crippen LogP contribution is -2.49. The molecule has 1 aliphatic carbocycles. The minimum absolute atomic E-state index is 0.00823. The standard InChI is InChI=1S/C20H24F2N4O3/c21-20(22)28-16-8-4-3-7-15(16)18-23-17(29-24-18)13-25-9-11-26(12-10-25)19(27)14-5-1-2-6-14/h3-4,7-8,14,20H,1-2,5-6,9-13H2. The van der Waals surface area contributed by atoms with Crippen LogP contribution in [0.4, 0.5) is 8.78 Å². The Morgan fingerprint density at radius 3 is 2.62 bits per heavy atom. The van der Waals surface area contributed by atoms with Gasteiger partial charge in [-0.2, -0.15) is 13.8 Å². The summed E-state index contributed by atoms with van der Waals surface area (Å²) in [6.07, 6.45) is 4.34. The molecule has 156 valence electrons. The minimum atomic E-state index is -2.93. The van der Waals surface area contributed by atoms with Crippen molar-refractivity contribution in [2.75, 3.05) is 26.2 Å². The molecule has 2 aromatic rings. The zero-order valence-electron chi connectivity index (χ0n) is 16.1. The second-order valence-corrected chi connectivity index (χ2v) is 7.47. The molecule has 0 unspecified atom stereocenters. The number of carbonyl (C=O) groups is 1. The average molecular weight is 406 g/mol. The van der Waals surface area contributed by atoms with Crippen molar-refractivity contribution in [1.29, 1.82) is 0 Å². The molecule has 7 nitrogen and oxygen atoms in total. The lowest BCUT2D eigenvalue weighted by Gasteiger charge is -2.35. The fourth-order valence-electron chi connectivity index (χ4n) is 4.03. The van der Waals surface area contributed by atoms with Gasteiger partial charge in [0.15, 0.2) is 0 Å². The Bertz CT molecular complexity index is 831. The Labute approximate surface area is 167 Å². The predicted molar refractivity (Wildman–Crippen MR) is 100 cm³/mol. The summed E-state index contributed by atoms with van der Waals surface area (Å²) in [6, 6.07) is 6.36. The van der Waals surface area contributed by atoms with Gasteiger partial charge in [-0.15, -0.1) is 0 Å². The van der Waals surface area contributed by atoms with Gasteiger partial charge in [-0.05, 0) is 25.0 Å². The van der Waals surface area contributed by atoms with Crippen molar-refractivity contribution >= 4 is 5.91 Å². The number of halogens is 2. The first-order valence-electron chi connectivity index (χ1n) is 9.98. The van der Waals surface area contributed by atoms with E-state index < -0.39 is 6.61 Å². The quantitative estimate of drug-likeness (QED) is 0.734. The molecule has 2 aliphatic rings. The van der Waals surface area contributed by atoms with Crippen molar-refractivity contribution in [3.05, 3.63) is 30.2 Å². The highest BCUT2D eigenvalue weighted by Crippen LogP contribution is 2.29. The molecule has 2 heterocycles. The maximum atomic E-state index is 12.6. The first-order valence-corrected chi connectivity index (χ1v) is 9.98. The summed E-state index contributed by atoms with van der Waals surface area (Å²) in [5.74, 6) is 1.12. The Balaban J connectivity index is 1.34. The van der Waals surface area contributed by atoms with Crippen LogP contribution in [-0.4, -0.2) is 58.6 Å². The highest BCUT2D eigenvalue weighted by atomic mass is 19.3. The zero-order valence-corrected chi connectivity index (χ0v) is 16.1. The highest BCUT2D eigenvalue weighted by molar-refractivity contribution is 5.79. The molecular formula is C20H24F2N4O3. The molecule has 1 saturated carbocycles. The van der Waals surface area contributed by atoms with Crippen LogP contribution in [0.25, 0.3) is 11.4 Å². The van der Waals surface area contributed by atoms with Crippen LogP contribution in [0.5, 0.6) is 5.75 Å². The number of carbonyl (C=O) groups excluding carboxylic acids is 1. The summed E-state index contributed by atoms with van der Waals surface area (Å²) in [4.78, 5) is 21.0. The second kappa shape index (κ2) is 8.86. The molecule has 0 bridgehead atoms. The fourth-order valence-corrected chi connectivity index (χ4v) is 4.03. The van der Waals surface area contributed by atoms with Crippen LogP contribution in [0.15, 0.2) is 28.8 Å². The van der Waals surface area contributed by atoms with Crippen molar-refractivity contribution < 1.29 is 22.8 Å². The van der Waals surface area contributed by atoms with E-state index in [1.165, 1.54) is 6.07 Å². The summed E-state index contributed by atoms with van der Waals surface area (Å²) in [5.41, 5.74) is 0.356. The summed E-state index contributed by atoms with van der Waals surface area (Å²) in [6.45, 7) is 0.396. The van der Waals surface area contributed by atoms with Crippen molar-refractivity contribution in [2.45, 2.75) is 38.8 Å². The molecule has 4 rings (SSSR count). The van der Waals surface area contributed by atoms with Crippen molar-refractivity contribution in [3.8, 4) is 17.1 Å². The Morgan fingerprint density at radius 1 is 1.17 bits per heavy atom. The number of hydrogen-bond acceptors (Lipinski definition) is 6. The third-order valence-electron chi connectivity index (χ3n) is 5.56. The van der Waals surface area contributed by atoms with Crippen LogP contribution in [-0.2, 0) is 11.3 Å². The normalized spacial score (nSPS) is 18.5. The molecule has 9 heteroatoms. The molecule has 1 amide bonds. The molecule has 2 fully saturated rings. The number of aromatic nitrogens is 2. The molecule has 0 atom stereocenters. The largest absolute Gasteiger partial charge is 0.434 e. The third-order valence-corrected chi connectivity index (χ3v) is 5.56. The van der Waals surface area contributed by atoms with Gasteiger partial charge < -0.3 is 14.2 Å². The van der Waals surface area contributed by atoms with Crippen molar-refractivity contribution in [1.82, 2.24) is 19.9 Å². The van der Waals surface area contributed by atoms with E-state index >= 15 is 0 Å². The van der Waals surface area contributed by atoms with Crippen LogP contribution in [0, 0.1) is 5.92 Å². The molecule has 1 aromatic heterocycles. The van der Waals surface area contributed by atoms with E-state index in [-0.39, 0.29) is 23.4 Å². The van der Waals surface area contributed by atoms with E-state index in [0.29, 0.717) is 31.1 Å². The number of benzene rings is 1. The SMILES string of the molecule is O=C(C1CCCC1)N1CCN(Cc2nc(-c3ccccc3OC(F)F)no2)CC1. The predicted octanol–water partition coefficient (Wildman–Crippen LogP) is 3.17. The number of ether oxygens (including phenoxy) is 1. The summed E-state index contributed by atoms with van der Waals surface area (Å²) in [5, 5.41) is 3.91. The molecule has 0 spiro atoms. The van der Waals surface area contributed by atoms with Crippen LogP contribution >= 0.6 is 0 Å². The number of nitrogens with zero attached hydrogens (tertiary/aromatic N) is 4. The number of piperazine rings is 1. The summed E-state index contributed by atoms with van der Waals surface area (Å²) in [7, 11) is 0. The molecule has 0 N–H and O–H groups in total. The fraction of sp³-hybridized carbons (Fsp3) is 0.550. The Kier molecular flexibility index (Phi) is 6.03. The van der Waals surface area contributed by atoms with Gasteiger partial charge in [-0.3, -0.25) is 9.69 Å². The van der Waals surface area contributed by atoms with E-state index in [0.717, 1.165) is 38.8 Å². The number of hydrogen-bond donors (Lipinski definition) is 0. The monoisotopic (exact) mass is 406 g/mol. The van der Waals surface area contributed by atoms with E-state index in [2.05, 4.69) is 19.8 Å². The van der Waals surface area contributed by atoms with Crippen LogP contribution < -0.4 is 4.74 Å². The third kappa shape index (κ3) is 4.72. The lowest BCUT2D eigenvalue weighted by molar-refractivity contribution is -0.137. The van der Waals surface area contributed by atoms with Gasteiger partial charge in [0.05, 0.1) is 12.1 Å². The Morgan fingerprint density at radius 2 is 1.90 bits per heavy atom. The average Bonchev–Trinajstić information content (AvgIpc) is 3.40. The number of para-hydroxylation sites is 1. The van der Waals surface area contributed by atoms with Gasteiger partial charge in [0.1, 0.15) is 5.75 Å². The van der Waals surface area contributed by atoms with E-state index in [9.17, 15) is 13.6 Å². The molecule has 1 saturated heterocycles. The van der Waals surface area contributed by atoms with Gasteiger partial charge >= 0.3 is 6.61 Å². The molecule has 1 aromatic carbocycles. The minimum Gasteiger partial charge on any atom is -0.434 e. The molecule has 29 heavy (non-hydrogen) atoms. The lowest BCUT2D eigenvalue weighted by atomic mass is 10.1. The first-order chi connectivity index (χ1) is 14.1. The summed E-state index contributed by atoms with van der Waals surface area (Å²) < 4.78 is 35.0. The summed E-state index contributed by atoms with van der Waals surface area (Å²) >= 11 is 0. The highest BCUT2D eigenvalue weighted by Gasteiger charge is 2.29. The first kappa shape index (κ1) is 19.8. The Hall–Kier alpha value is -2.55. The maximum absolute atomic E-state index is 12.6.